The Morgan fingerprint density at radius 2 is 2.31 bits per heavy atom. The Kier molecular flexibility index (Phi) is 3.70. The average Bonchev–Trinajstić information content (AvgIpc) is 2.78. The Bertz CT molecular complexity index is 463. The van der Waals surface area contributed by atoms with Gasteiger partial charge in [-0.25, -0.2) is 4.76 Å². The SMILES string of the molecule is CSC1=N[P@@](=S)(SC)N2CCCC2=C1C#N. The van der Waals surface area contributed by atoms with E-state index in [2.05, 4.69) is 15.5 Å². The predicted molar refractivity (Wildman–Crippen MR) is 77.3 cm³/mol. The van der Waals surface area contributed by atoms with Crippen molar-refractivity contribution in [1.82, 2.24) is 4.67 Å². The molecule has 0 aromatic heterocycles. The van der Waals surface area contributed by atoms with Crippen LogP contribution in [-0.2, 0) is 11.8 Å². The van der Waals surface area contributed by atoms with Crippen LogP contribution in [0.25, 0.3) is 0 Å². The van der Waals surface area contributed by atoms with Gasteiger partial charge in [-0.1, -0.05) is 11.4 Å². The standard InChI is InChI=1S/C9H12N3PS3/c1-15-9-7(6-10)8-4-3-5-12(8)13(14,11-9)16-2/h3-5H2,1-2H3/t13-/m1/s1. The summed E-state index contributed by atoms with van der Waals surface area (Å²) < 4.78 is 6.87. The highest BCUT2D eigenvalue weighted by molar-refractivity contribution is 8.69. The number of nitriles is 1. The summed E-state index contributed by atoms with van der Waals surface area (Å²) in [6.45, 7) is 0.962. The third-order valence-corrected chi connectivity index (χ3v) is 9.90. The molecule has 0 saturated carbocycles. The Morgan fingerprint density at radius 3 is 2.88 bits per heavy atom. The summed E-state index contributed by atoms with van der Waals surface area (Å²) in [6.07, 6.45) is 6.05. The molecule has 3 nitrogen and oxygen atoms in total. The van der Waals surface area contributed by atoms with Crippen molar-refractivity contribution in [2.24, 2.45) is 4.76 Å². The lowest BCUT2D eigenvalue weighted by Gasteiger charge is -2.33. The summed E-state index contributed by atoms with van der Waals surface area (Å²) in [5.74, 6) is 0. The molecule has 0 unspecified atom stereocenters. The summed E-state index contributed by atoms with van der Waals surface area (Å²) in [5, 5.41) is 10.1. The number of fused-ring (bicyclic) bond motifs is 1. The monoisotopic (exact) mass is 289 g/mol. The van der Waals surface area contributed by atoms with E-state index in [0.29, 0.717) is 0 Å². The van der Waals surface area contributed by atoms with Crippen molar-refractivity contribution in [3.05, 3.63) is 11.3 Å². The smallest absolute Gasteiger partial charge is 0.198 e. The van der Waals surface area contributed by atoms with Crippen molar-refractivity contribution in [2.75, 3.05) is 19.1 Å². The van der Waals surface area contributed by atoms with E-state index < -0.39 is 5.54 Å². The molecule has 2 rings (SSSR count). The summed E-state index contributed by atoms with van der Waals surface area (Å²) in [7, 11) is 0. The molecule has 0 spiro atoms. The van der Waals surface area contributed by atoms with Crippen molar-refractivity contribution < 1.29 is 0 Å². The third-order valence-electron chi connectivity index (χ3n) is 2.66. The van der Waals surface area contributed by atoms with Crippen LogP contribution < -0.4 is 0 Å². The first-order chi connectivity index (χ1) is 7.66. The topological polar surface area (TPSA) is 39.4 Å². The number of hydrogen-bond donors (Lipinski definition) is 0. The largest absolute Gasteiger partial charge is 0.321 e. The van der Waals surface area contributed by atoms with Crippen LogP contribution >= 0.6 is 28.7 Å². The molecule has 1 fully saturated rings. The van der Waals surface area contributed by atoms with Gasteiger partial charge in [0.15, 0.2) is 5.54 Å². The maximum Gasteiger partial charge on any atom is 0.198 e. The maximum atomic E-state index is 9.23. The Morgan fingerprint density at radius 1 is 1.56 bits per heavy atom. The molecule has 2 aliphatic heterocycles. The van der Waals surface area contributed by atoms with Crippen LogP contribution in [0.3, 0.4) is 0 Å². The van der Waals surface area contributed by atoms with E-state index in [0.717, 1.165) is 35.7 Å². The van der Waals surface area contributed by atoms with Crippen LogP contribution in [0.4, 0.5) is 0 Å². The van der Waals surface area contributed by atoms with Crippen LogP contribution in [-0.4, -0.2) is 28.8 Å². The lowest BCUT2D eigenvalue weighted by molar-refractivity contribution is 0.640. The highest BCUT2D eigenvalue weighted by Crippen LogP contribution is 2.67. The molecule has 0 N–H and O–H groups in total. The van der Waals surface area contributed by atoms with Crippen LogP contribution in [0.1, 0.15) is 12.8 Å². The molecular weight excluding hydrogens is 277 g/mol. The zero-order valence-electron chi connectivity index (χ0n) is 9.13. The lowest BCUT2D eigenvalue weighted by Crippen LogP contribution is -2.19. The van der Waals surface area contributed by atoms with Crippen molar-refractivity contribution in [2.45, 2.75) is 12.8 Å². The van der Waals surface area contributed by atoms with E-state index in [1.54, 1.807) is 11.4 Å². The zero-order valence-corrected chi connectivity index (χ0v) is 12.5. The van der Waals surface area contributed by atoms with Gasteiger partial charge in [0.1, 0.15) is 16.7 Å². The first kappa shape index (κ1) is 12.5. The van der Waals surface area contributed by atoms with Gasteiger partial charge in [-0.05, 0) is 37.2 Å². The average molecular weight is 289 g/mol. The van der Waals surface area contributed by atoms with Crippen LogP contribution in [0.5, 0.6) is 0 Å². The molecule has 0 aliphatic carbocycles. The van der Waals surface area contributed by atoms with E-state index in [9.17, 15) is 5.26 Å². The molecule has 1 atom stereocenters. The van der Waals surface area contributed by atoms with E-state index in [-0.39, 0.29) is 0 Å². The minimum atomic E-state index is -1.88. The van der Waals surface area contributed by atoms with Gasteiger partial charge < -0.3 is 4.67 Å². The Hall–Kier alpha value is 0.0500. The van der Waals surface area contributed by atoms with Crippen LogP contribution in [0, 0.1) is 11.3 Å². The summed E-state index contributed by atoms with van der Waals surface area (Å²) >= 11 is 8.89. The normalized spacial score (nSPS) is 28.8. The lowest BCUT2D eigenvalue weighted by atomic mass is 10.2. The minimum absolute atomic E-state index is 0.750. The molecule has 1 saturated heterocycles. The molecule has 86 valence electrons. The zero-order chi connectivity index (χ0) is 11.8. The molecule has 0 bridgehead atoms. The van der Waals surface area contributed by atoms with Crippen LogP contribution in [0.15, 0.2) is 16.0 Å². The Labute approximate surface area is 109 Å². The van der Waals surface area contributed by atoms with Gasteiger partial charge in [0.05, 0.1) is 0 Å². The fourth-order valence-electron chi connectivity index (χ4n) is 1.93. The number of nitrogens with zero attached hydrogens (tertiary/aromatic N) is 3. The second kappa shape index (κ2) is 4.73. The van der Waals surface area contributed by atoms with Gasteiger partial charge >= 0.3 is 0 Å². The van der Waals surface area contributed by atoms with E-state index in [1.165, 1.54) is 11.8 Å². The summed E-state index contributed by atoms with van der Waals surface area (Å²) in [5.41, 5.74) is 0.00819. The fraction of sp³-hybridized carbons (Fsp3) is 0.556. The fourth-order valence-corrected chi connectivity index (χ4v) is 7.31. The van der Waals surface area contributed by atoms with Crippen molar-refractivity contribution in [1.29, 1.82) is 5.26 Å². The third kappa shape index (κ3) is 1.84. The van der Waals surface area contributed by atoms with Gasteiger partial charge in [0.25, 0.3) is 0 Å². The molecule has 0 amide bonds. The molecule has 0 radical (unpaired) electrons. The molecule has 0 aromatic carbocycles. The molecule has 0 aromatic rings. The summed E-state index contributed by atoms with van der Waals surface area (Å²) in [6, 6.07) is 2.29. The van der Waals surface area contributed by atoms with Gasteiger partial charge in [0.2, 0.25) is 0 Å². The highest BCUT2D eigenvalue weighted by Gasteiger charge is 2.37. The molecule has 2 heterocycles. The quantitative estimate of drug-likeness (QED) is 0.693. The Balaban J connectivity index is 2.57. The molecule has 2 aliphatic rings. The first-order valence-corrected chi connectivity index (χ1v) is 10.6. The number of thioether (sulfide) groups is 1. The first-order valence-electron chi connectivity index (χ1n) is 4.88. The van der Waals surface area contributed by atoms with Crippen molar-refractivity contribution in [3.63, 3.8) is 0 Å². The van der Waals surface area contributed by atoms with Crippen molar-refractivity contribution in [3.8, 4) is 6.07 Å². The molecule has 7 heteroatoms. The maximum absolute atomic E-state index is 9.23. The minimum Gasteiger partial charge on any atom is -0.321 e. The van der Waals surface area contributed by atoms with Gasteiger partial charge in [-0.3, -0.25) is 0 Å². The number of hydrogen-bond acceptors (Lipinski definition) is 4. The second-order valence-electron chi connectivity index (χ2n) is 3.44. The number of rotatable bonds is 1. The van der Waals surface area contributed by atoms with Gasteiger partial charge in [0, 0.05) is 12.2 Å². The van der Waals surface area contributed by atoms with E-state index in [4.69, 9.17) is 11.8 Å². The van der Waals surface area contributed by atoms with Gasteiger partial charge in [-0.15, -0.1) is 11.8 Å². The van der Waals surface area contributed by atoms with E-state index >= 15 is 0 Å². The summed E-state index contributed by atoms with van der Waals surface area (Å²) in [4.78, 5) is 0. The second-order valence-corrected chi connectivity index (χ2v) is 11.1. The highest BCUT2D eigenvalue weighted by atomic mass is 32.9. The van der Waals surface area contributed by atoms with Gasteiger partial charge in [-0.2, -0.15) is 5.26 Å². The van der Waals surface area contributed by atoms with Crippen LogP contribution in [0.2, 0.25) is 0 Å². The molecule has 16 heavy (non-hydrogen) atoms. The molecular formula is C9H12N3PS3. The number of allylic oxidation sites excluding steroid dienone is 1. The van der Waals surface area contributed by atoms with E-state index in [1.807, 2.05) is 12.5 Å². The van der Waals surface area contributed by atoms with Crippen molar-refractivity contribution >= 4 is 45.5 Å². The predicted octanol–water partition coefficient (Wildman–Crippen LogP) is 3.22.